The van der Waals surface area contributed by atoms with Gasteiger partial charge in [0.25, 0.3) is 5.69 Å². The molecule has 1 fully saturated rings. The maximum absolute atomic E-state index is 14.6. The first-order valence-electron chi connectivity index (χ1n) is 12.5. The van der Waals surface area contributed by atoms with E-state index in [0.717, 1.165) is 17.8 Å². The summed E-state index contributed by atoms with van der Waals surface area (Å²) in [5.74, 6) is -2.48. The second kappa shape index (κ2) is 11.4. The molecule has 3 aromatic carbocycles. The van der Waals surface area contributed by atoms with Gasteiger partial charge in [0.1, 0.15) is 5.75 Å². The molecule has 0 radical (unpaired) electrons. The van der Waals surface area contributed by atoms with Gasteiger partial charge >= 0.3 is 5.97 Å². The Morgan fingerprint density at radius 2 is 1.77 bits per heavy atom. The third-order valence-electron chi connectivity index (χ3n) is 6.96. The second-order valence-electron chi connectivity index (χ2n) is 9.30. The molecule has 0 spiro atoms. The van der Waals surface area contributed by atoms with Gasteiger partial charge in [-0.1, -0.05) is 12.1 Å². The summed E-state index contributed by atoms with van der Waals surface area (Å²) in [5, 5.41) is 12.5. The number of nitro groups is 1. The first-order valence-corrected chi connectivity index (χ1v) is 12.5. The average Bonchev–Trinajstić information content (AvgIpc) is 3.32. The molecule has 0 aliphatic carbocycles. The fourth-order valence-corrected chi connectivity index (χ4v) is 5.17. The van der Waals surface area contributed by atoms with Gasteiger partial charge in [-0.3, -0.25) is 10.1 Å². The number of benzene rings is 3. The lowest BCUT2D eigenvalue weighted by molar-refractivity contribution is -0.384. The highest BCUT2D eigenvalue weighted by atomic mass is 19.2. The Morgan fingerprint density at radius 1 is 1.05 bits per heavy atom. The molecule has 2 heterocycles. The van der Waals surface area contributed by atoms with Crippen LogP contribution in [0.15, 0.2) is 54.6 Å². The summed E-state index contributed by atoms with van der Waals surface area (Å²) in [7, 11) is 2.72. The molecule has 0 bridgehead atoms. The van der Waals surface area contributed by atoms with E-state index in [0.29, 0.717) is 59.3 Å². The van der Waals surface area contributed by atoms with E-state index in [9.17, 15) is 23.7 Å². The standard InChI is InChI=1S/C29H26F2N2O7/c1-37-16-40-25-15-21(33(35)36)14-24-27(25)26(17-3-5-19(6-4-17)29(34)38-2)28(18-9-11-39-12-10-18)32(24)20-7-8-22(30)23(31)13-20/h3-8,13-15,18H,9-12,16H2,1-2H3. The van der Waals surface area contributed by atoms with Crippen LogP contribution in [-0.2, 0) is 14.2 Å². The van der Waals surface area contributed by atoms with Gasteiger partial charge in [0.05, 0.1) is 34.6 Å². The molecule has 0 amide bonds. The molecule has 0 saturated carbocycles. The van der Waals surface area contributed by atoms with Crippen molar-refractivity contribution in [3.63, 3.8) is 0 Å². The van der Waals surface area contributed by atoms with Crippen molar-refractivity contribution in [3.8, 4) is 22.6 Å². The van der Waals surface area contributed by atoms with E-state index in [2.05, 4.69) is 0 Å². The smallest absolute Gasteiger partial charge is 0.337 e. The molecule has 0 unspecified atom stereocenters. The topological polar surface area (TPSA) is 102 Å². The Kier molecular flexibility index (Phi) is 7.76. The van der Waals surface area contributed by atoms with Crippen LogP contribution in [0.2, 0.25) is 0 Å². The predicted molar refractivity (Wildman–Crippen MR) is 142 cm³/mol. The van der Waals surface area contributed by atoms with Gasteiger partial charge in [-0.25, -0.2) is 13.6 Å². The van der Waals surface area contributed by atoms with Crippen LogP contribution in [0.3, 0.4) is 0 Å². The number of hydrogen-bond acceptors (Lipinski definition) is 7. The van der Waals surface area contributed by atoms with E-state index in [-0.39, 0.29) is 24.1 Å². The molecule has 208 valence electrons. The summed E-state index contributed by atoms with van der Waals surface area (Å²) < 4.78 is 51.7. The van der Waals surface area contributed by atoms with Gasteiger partial charge in [0, 0.05) is 55.3 Å². The molecular formula is C29H26F2N2O7. The van der Waals surface area contributed by atoms with Crippen LogP contribution in [0.4, 0.5) is 14.5 Å². The van der Waals surface area contributed by atoms with Crippen molar-refractivity contribution in [2.24, 2.45) is 0 Å². The van der Waals surface area contributed by atoms with Crippen molar-refractivity contribution < 1.29 is 37.4 Å². The highest BCUT2D eigenvalue weighted by molar-refractivity contribution is 6.05. The van der Waals surface area contributed by atoms with E-state index in [1.54, 1.807) is 28.8 Å². The number of carbonyl (C=O) groups is 1. The number of aromatic nitrogens is 1. The van der Waals surface area contributed by atoms with Gasteiger partial charge in [0.15, 0.2) is 18.4 Å². The number of esters is 1. The van der Waals surface area contributed by atoms with Crippen LogP contribution >= 0.6 is 0 Å². The van der Waals surface area contributed by atoms with Gasteiger partial charge in [0.2, 0.25) is 0 Å². The highest BCUT2D eigenvalue weighted by Gasteiger charge is 2.31. The molecule has 11 heteroatoms. The van der Waals surface area contributed by atoms with Crippen LogP contribution in [-0.4, -0.2) is 49.7 Å². The number of carbonyl (C=O) groups excluding carboxylic acids is 1. The second-order valence-corrected chi connectivity index (χ2v) is 9.30. The van der Waals surface area contributed by atoms with Crippen LogP contribution < -0.4 is 4.74 Å². The lowest BCUT2D eigenvalue weighted by Gasteiger charge is -2.26. The number of non-ortho nitro benzene ring substituents is 1. The van der Waals surface area contributed by atoms with Crippen LogP contribution in [0.1, 0.15) is 34.8 Å². The Bertz CT molecular complexity index is 1580. The van der Waals surface area contributed by atoms with Crippen LogP contribution in [0.25, 0.3) is 27.7 Å². The van der Waals surface area contributed by atoms with E-state index in [1.807, 2.05) is 0 Å². The SMILES string of the molecule is COCOc1cc([N+](=O)[O-])cc2c1c(-c1ccc(C(=O)OC)cc1)c(C1CCOCC1)n2-c1ccc(F)c(F)c1. The summed E-state index contributed by atoms with van der Waals surface area (Å²) in [6, 6.07) is 13.0. The molecule has 40 heavy (non-hydrogen) atoms. The van der Waals surface area contributed by atoms with Crippen molar-refractivity contribution in [1.82, 2.24) is 4.57 Å². The van der Waals surface area contributed by atoms with Crippen molar-refractivity contribution in [2.45, 2.75) is 18.8 Å². The fraction of sp³-hybridized carbons (Fsp3) is 0.276. The lowest BCUT2D eigenvalue weighted by atomic mass is 9.89. The number of nitrogens with zero attached hydrogens (tertiary/aromatic N) is 2. The third-order valence-corrected chi connectivity index (χ3v) is 6.96. The zero-order valence-electron chi connectivity index (χ0n) is 21.8. The average molecular weight is 553 g/mol. The van der Waals surface area contributed by atoms with E-state index < -0.39 is 22.5 Å². The molecule has 9 nitrogen and oxygen atoms in total. The number of methoxy groups -OCH3 is 2. The quantitative estimate of drug-likeness (QED) is 0.112. The number of fused-ring (bicyclic) bond motifs is 1. The molecule has 4 aromatic rings. The Hall–Kier alpha value is -4.35. The zero-order valence-corrected chi connectivity index (χ0v) is 21.8. The number of halogens is 2. The van der Waals surface area contributed by atoms with Gasteiger partial charge in [-0.2, -0.15) is 0 Å². The molecule has 1 aliphatic rings. The molecular weight excluding hydrogens is 526 g/mol. The highest BCUT2D eigenvalue weighted by Crippen LogP contribution is 2.48. The maximum atomic E-state index is 14.6. The lowest BCUT2D eigenvalue weighted by Crippen LogP contribution is -2.17. The van der Waals surface area contributed by atoms with Gasteiger partial charge in [-0.05, 0) is 42.7 Å². The van der Waals surface area contributed by atoms with E-state index >= 15 is 0 Å². The normalized spacial score (nSPS) is 13.9. The minimum absolute atomic E-state index is 0.0983. The van der Waals surface area contributed by atoms with Crippen LogP contribution in [0, 0.1) is 21.7 Å². The summed E-state index contributed by atoms with van der Waals surface area (Å²) in [4.78, 5) is 23.5. The summed E-state index contributed by atoms with van der Waals surface area (Å²) in [5.41, 5.74) is 2.88. The summed E-state index contributed by atoms with van der Waals surface area (Å²) in [6.07, 6.45) is 1.26. The summed E-state index contributed by atoms with van der Waals surface area (Å²) in [6.45, 7) is 0.787. The number of nitro benzene ring substituents is 1. The van der Waals surface area contributed by atoms with Gasteiger partial charge in [-0.15, -0.1) is 0 Å². The molecule has 1 saturated heterocycles. The van der Waals surface area contributed by atoms with Crippen LogP contribution in [0.5, 0.6) is 5.75 Å². The Morgan fingerprint density at radius 3 is 2.40 bits per heavy atom. The first-order chi connectivity index (χ1) is 19.3. The van der Waals surface area contributed by atoms with Crippen molar-refractivity contribution >= 4 is 22.6 Å². The zero-order chi connectivity index (χ0) is 28.4. The third kappa shape index (κ3) is 5.01. The largest absolute Gasteiger partial charge is 0.467 e. The Balaban J connectivity index is 1.91. The van der Waals surface area contributed by atoms with E-state index in [1.165, 1.54) is 32.4 Å². The fourth-order valence-electron chi connectivity index (χ4n) is 5.17. The van der Waals surface area contributed by atoms with Crippen molar-refractivity contribution in [3.05, 3.63) is 87.6 Å². The van der Waals surface area contributed by atoms with Crippen molar-refractivity contribution in [2.75, 3.05) is 34.2 Å². The number of hydrogen-bond donors (Lipinski definition) is 0. The first kappa shape index (κ1) is 27.2. The minimum Gasteiger partial charge on any atom is -0.467 e. The molecule has 1 aromatic heterocycles. The molecule has 5 rings (SSSR count). The molecule has 0 N–H and O–H groups in total. The molecule has 0 atom stereocenters. The minimum atomic E-state index is -1.05. The van der Waals surface area contributed by atoms with Crippen molar-refractivity contribution in [1.29, 1.82) is 0 Å². The predicted octanol–water partition coefficient (Wildman–Crippen LogP) is 6.15. The van der Waals surface area contributed by atoms with E-state index in [4.69, 9.17) is 18.9 Å². The monoisotopic (exact) mass is 552 g/mol. The molecule has 1 aliphatic heterocycles. The number of ether oxygens (including phenoxy) is 4. The maximum Gasteiger partial charge on any atom is 0.337 e. The summed E-state index contributed by atoms with van der Waals surface area (Å²) >= 11 is 0. The Labute approximate surface area is 228 Å². The number of rotatable bonds is 8. The van der Waals surface area contributed by atoms with Gasteiger partial charge < -0.3 is 23.5 Å².